The summed E-state index contributed by atoms with van der Waals surface area (Å²) in [5, 5.41) is 13.7. The first kappa shape index (κ1) is 15.8. The largest absolute Gasteiger partial charge is 0.507 e. The molecule has 0 saturated heterocycles. The molecule has 0 unspecified atom stereocenters. The van der Waals surface area contributed by atoms with Crippen LogP contribution >= 0.6 is 12.2 Å². The van der Waals surface area contributed by atoms with E-state index < -0.39 is 0 Å². The van der Waals surface area contributed by atoms with E-state index in [0.717, 1.165) is 16.8 Å². The zero-order valence-electron chi connectivity index (χ0n) is 12.6. The standard InChI is InChI=1S/C15H24N2OS/c1-14(2,3)10-7-9(17-13(16)19)8-11(12(10)18)15(4,5)6/h7-8,18H,1-6H3,(H3,16,17,19). The third-order valence-electron chi connectivity index (χ3n) is 2.99. The second-order valence-corrected chi connectivity index (χ2v) is 7.35. The van der Waals surface area contributed by atoms with Crippen LogP contribution in [0.15, 0.2) is 12.1 Å². The van der Waals surface area contributed by atoms with Gasteiger partial charge in [-0.3, -0.25) is 0 Å². The minimum atomic E-state index is -0.155. The zero-order chi connectivity index (χ0) is 15.0. The van der Waals surface area contributed by atoms with Crippen molar-refractivity contribution in [2.45, 2.75) is 52.4 Å². The van der Waals surface area contributed by atoms with Crippen LogP contribution in [0.25, 0.3) is 0 Å². The Hall–Kier alpha value is -1.29. The minimum absolute atomic E-state index is 0.155. The average molecular weight is 280 g/mol. The lowest BCUT2D eigenvalue weighted by atomic mass is 9.79. The van der Waals surface area contributed by atoms with Gasteiger partial charge < -0.3 is 16.2 Å². The number of nitrogens with one attached hydrogen (secondary N) is 1. The predicted octanol–water partition coefficient (Wildman–Crippen LogP) is 3.64. The third kappa shape index (κ3) is 3.83. The SMILES string of the molecule is CC(C)(C)c1cc(NC(N)=S)cc(C(C)(C)C)c1O. The van der Waals surface area contributed by atoms with Gasteiger partial charge in [0.1, 0.15) is 5.75 Å². The van der Waals surface area contributed by atoms with E-state index in [1.807, 2.05) is 12.1 Å². The molecule has 0 atom stereocenters. The fourth-order valence-electron chi connectivity index (χ4n) is 1.99. The van der Waals surface area contributed by atoms with Gasteiger partial charge in [-0.15, -0.1) is 0 Å². The maximum atomic E-state index is 10.5. The molecule has 1 rings (SSSR count). The fraction of sp³-hybridized carbons (Fsp3) is 0.533. The van der Waals surface area contributed by atoms with Gasteiger partial charge in [-0.1, -0.05) is 41.5 Å². The average Bonchev–Trinajstić information content (AvgIpc) is 2.16. The molecule has 3 nitrogen and oxygen atoms in total. The van der Waals surface area contributed by atoms with E-state index in [1.165, 1.54) is 0 Å². The Bertz CT molecular complexity index is 461. The maximum absolute atomic E-state index is 10.5. The molecule has 19 heavy (non-hydrogen) atoms. The number of benzene rings is 1. The number of nitrogens with two attached hydrogens (primary N) is 1. The fourth-order valence-corrected chi connectivity index (χ4v) is 2.11. The number of thiocarbonyl (C=S) groups is 1. The molecular formula is C15H24N2OS. The molecule has 4 heteroatoms. The molecule has 0 aliphatic rings. The number of phenolic OH excluding ortho intramolecular Hbond substituents is 1. The van der Waals surface area contributed by atoms with E-state index in [0.29, 0.717) is 5.75 Å². The van der Waals surface area contributed by atoms with E-state index in [4.69, 9.17) is 18.0 Å². The van der Waals surface area contributed by atoms with Gasteiger partial charge in [0.15, 0.2) is 5.11 Å². The second-order valence-electron chi connectivity index (χ2n) is 6.91. The van der Waals surface area contributed by atoms with Crippen LogP contribution < -0.4 is 11.1 Å². The van der Waals surface area contributed by atoms with Gasteiger partial charge in [-0.2, -0.15) is 0 Å². The number of aromatic hydroxyl groups is 1. The topological polar surface area (TPSA) is 58.3 Å². The van der Waals surface area contributed by atoms with Crippen molar-refractivity contribution in [3.8, 4) is 5.75 Å². The molecule has 0 spiro atoms. The van der Waals surface area contributed by atoms with Crippen LogP contribution in [0, 0.1) is 0 Å². The molecule has 0 heterocycles. The van der Waals surface area contributed by atoms with Crippen LogP contribution in [0.1, 0.15) is 52.7 Å². The Kier molecular flexibility index (Phi) is 4.15. The lowest BCUT2D eigenvalue weighted by molar-refractivity contribution is 0.423. The first-order valence-corrected chi connectivity index (χ1v) is 6.78. The number of phenols is 1. The van der Waals surface area contributed by atoms with Crippen LogP contribution in [0.2, 0.25) is 0 Å². The molecule has 0 aliphatic carbocycles. The van der Waals surface area contributed by atoms with Crippen LogP contribution in [0.5, 0.6) is 5.75 Å². The van der Waals surface area contributed by atoms with Crippen molar-refractivity contribution in [3.05, 3.63) is 23.3 Å². The predicted molar refractivity (Wildman–Crippen MR) is 85.9 cm³/mol. The lowest BCUT2D eigenvalue weighted by Gasteiger charge is -2.28. The van der Waals surface area contributed by atoms with Gasteiger partial charge >= 0.3 is 0 Å². The summed E-state index contributed by atoms with van der Waals surface area (Å²) in [4.78, 5) is 0. The van der Waals surface area contributed by atoms with Crippen molar-refractivity contribution in [3.63, 3.8) is 0 Å². The normalized spacial score (nSPS) is 12.3. The lowest BCUT2D eigenvalue weighted by Crippen LogP contribution is -2.22. The molecule has 4 N–H and O–H groups in total. The van der Waals surface area contributed by atoms with Crippen LogP contribution in [0.4, 0.5) is 5.69 Å². The van der Waals surface area contributed by atoms with Crippen molar-refractivity contribution in [2.24, 2.45) is 5.73 Å². The first-order chi connectivity index (χ1) is 8.43. The molecule has 0 bridgehead atoms. The van der Waals surface area contributed by atoms with Gasteiger partial charge in [0.25, 0.3) is 0 Å². The summed E-state index contributed by atoms with van der Waals surface area (Å²) in [6, 6.07) is 3.81. The summed E-state index contributed by atoms with van der Waals surface area (Å²) in [5.74, 6) is 0.355. The Morgan fingerprint density at radius 1 is 1.05 bits per heavy atom. The maximum Gasteiger partial charge on any atom is 0.168 e. The second kappa shape index (κ2) is 5.00. The van der Waals surface area contributed by atoms with Gasteiger partial charge in [0, 0.05) is 16.8 Å². The molecular weight excluding hydrogens is 256 g/mol. The Balaban J connectivity index is 3.52. The highest BCUT2D eigenvalue weighted by atomic mass is 32.1. The molecule has 106 valence electrons. The van der Waals surface area contributed by atoms with Gasteiger partial charge in [0.2, 0.25) is 0 Å². The van der Waals surface area contributed by atoms with Gasteiger partial charge in [-0.05, 0) is 35.2 Å². The quantitative estimate of drug-likeness (QED) is 0.543. The summed E-state index contributed by atoms with van der Waals surface area (Å²) in [6.07, 6.45) is 0. The molecule has 0 saturated carbocycles. The van der Waals surface area contributed by atoms with Gasteiger partial charge in [-0.25, -0.2) is 0 Å². The number of anilines is 1. The number of hydrogen-bond donors (Lipinski definition) is 3. The van der Waals surface area contributed by atoms with E-state index in [1.54, 1.807) is 0 Å². The molecule has 0 amide bonds. The van der Waals surface area contributed by atoms with Crippen LogP contribution in [-0.4, -0.2) is 10.2 Å². The summed E-state index contributed by atoms with van der Waals surface area (Å²) >= 11 is 4.89. The highest BCUT2D eigenvalue weighted by molar-refractivity contribution is 7.80. The van der Waals surface area contributed by atoms with Crippen molar-refractivity contribution in [2.75, 3.05) is 5.32 Å². The van der Waals surface area contributed by atoms with Crippen LogP contribution in [-0.2, 0) is 10.8 Å². The zero-order valence-corrected chi connectivity index (χ0v) is 13.4. The Labute approximate surface area is 121 Å². The monoisotopic (exact) mass is 280 g/mol. The highest BCUT2D eigenvalue weighted by Gasteiger charge is 2.26. The molecule has 1 aromatic rings. The van der Waals surface area contributed by atoms with Crippen molar-refractivity contribution in [1.82, 2.24) is 0 Å². The molecule has 0 fully saturated rings. The molecule has 1 aromatic carbocycles. The summed E-state index contributed by atoms with van der Waals surface area (Å²) in [6.45, 7) is 12.4. The summed E-state index contributed by atoms with van der Waals surface area (Å²) in [7, 11) is 0. The smallest absolute Gasteiger partial charge is 0.168 e. The minimum Gasteiger partial charge on any atom is -0.507 e. The Morgan fingerprint density at radius 2 is 1.42 bits per heavy atom. The van der Waals surface area contributed by atoms with E-state index >= 15 is 0 Å². The van der Waals surface area contributed by atoms with E-state index in [9.17, 15) is 5.11 Å². The summed E-state index contributed by atoms with van der Waals surface area (Å²) < 4.78 is 0. The molecule has 0 radical (unpaired) electrons. The molecule has 0 aromatic heterocycles. The highest BCUT2D eigenvalue weighted by Crippen LogP contribution is 2.40. The number of rotatable bonds is 1. The van der Waals surface area contributed by atoms with Crippen molar-refractivity contribution in [1.29, 1.82) is 0 Å². The third-order valence-corrected chi connectivity index (χ3v) is 3.10. The van der Waals surface area contributed by atoms with E-state index in [2.05, 4.69) is 46.9 Å². The van der Waals surface area contributed by atoms with Crippen molar-refractivity contribution < 1.29 is 5.11 Å². The number of hydrogen-bond acceptors (Lipinski definition) is 2. The Morgan fingerprint density at radius 3 is 1.68 bits per heavy atom. The van der Waals surface area contributed by atoms with Crippen molar-refractivity contribution >= 4 is 23.0 Å². The first-order valence-electron chi connectivity index (χ1n) is 6.37. The van der Waals surface area contributed by atoms with Crippen LogP contribution in [0.3, 0.4) is 0 Å². The van der Waals surface area contributed by atoms with Gasteiger partial charge in [0.05, 0.1) is 0 Å². The molecule has 0 aliphatic heterocycles. The summed E-state index contributed by atoms with van der Waals surface area (Å²) in [5.41, 5.74) is 7.82. The van der Waals surface area contributed by atoms with E-state index in [-0.39, 0.29) is 15.9 Å².